The first kappa shape index (κ1) is 5.61. The van der Waals surface area contributed by atoms with Crippen molar-refractivity contribution in [1.82, 2.24) is 9.97 Å². The van der Waals surface area contributed by atoms with Gasteiger partial charge in [-0.2, -0.15) is 0 Å². The second-order valence-electron chi connectivity index (χ2n) is 1.62. The molecule has 2 heterocycles. The summed E-state index contributed by atoms with van der Waals surface area (Å²) in [6.07, 6.45) is 5.81. The van der Waals surface area contributed by atoms with Crippen molar-refractivity contribution >= 4 is 11.3 Å². The van der Waals surface area contributed by atoms with Crippen molar-refractivity contribution in [3.05, 3.63) is 24.0 Å². The van der Waals surface area contributed by atoms with Gasteiger partial charge in [-0.1, -0.05) is 0 Å². The van der Waals surface area contributed by atoms with Gasteiger partial charge in [0.2, 0.25) is 0 Å². The van der Waals surface area contributed by atoms with E-state index in [4.69, 9.17) is 4.42 Å². The summed E-state index contributed by atoms with van der Waals surface area (Å²) in [5.74, 6) is 0.561. The van der Waals surface area contributed by atoms with Crippen molar-refractivity contribution in [3.8, 4) is 10.9 Å². The van der Waals surface area contributed by atoms with Gasteiger partial charge in [0.05, 0.1) is 6.20 Å². The van der Waals surface area contributed by atoms with Crippen LogP contribution in [-0.4, -0.2) is 9.97 Å². The molecule has 0 unspecified atom stereocenters. The summed E-state index contributed by atoms with van der Waals surface area (Å²) in [4.78, 5) is 7.82. The molecule has 0 spiro atoms. The van der Waals surface area contributed by atoms with Crippen molar-refractivity contribution in [1.29, 1.82) is 0 Å². The molecule has 0 N–H and O–H groups in total. The van der Waals surface area contributed by atoms with Crippen LogP contribution in [-0.2, 0) is 0 Å². The van der Waals surface area contributed by atoms with Gasteiger partial charge in [-0.25, -0.2) is 9.97 Å². The molecule has 0 aliphatic heterocycles. The van der Waals surface area contributed by atoms with Crippen molar-refractivity contribution in [2.45, 2.75) is 0 Å². The number of hydrogen-bond acceptors (Lipinski definition) is 4. The smallest absolute Gasteiger partial charge is 0.255 e. The molecular weight excluding hydrogens is 148 g/mol. The summed E-state index contributed by atoms with van der Waals surface area (Å²) < 4.78 is 4.99. The molecule has 2 rings (SSSR count). The van der Waals surface area contributed by atoms with Gasteiger partial charge in [-0.05, 0) is 0 Å². The third kappa shape index (κ3) is 0.823. The second-order valence-corrected chi connectivity index (χ2v) is 2.48. The molecule has 10 heavy (non-hydrogen) atoms. The fraction of sp³-hybridized carbons (Fsp3) is 0. The summed E-state index contributed by atoms with van der Waals surface area (Å²) in [5, 5.41) is 2.53. The maximum absolute atomic E-state index is 4.99. The molecule has 4 heteroatoms. The zero-order valence-electron chi connectivity index (χ0n) is 4.94. The molecule has 0 amide bonds. The van der Waals surface area contributed by atoms with E-state index in [-0.39, 0.29) is 0 Å². The highest BCUT2D eigenvalue weighted by Gasteiger charge is 2.02. The lowest BCUT2D eigenvalue weighted by Gasteiger charge is -1.81. The predicted molar refractivity (Wildman–Crippen MR) is 36.4 cm³/mol. The van der Waals surface area contributed by atoms with Gasteiger partial charge in [-0.3, -0.25) is 0 Å². The zero-order chi connectivity index (χ0) is 6.81. The molecule has 3 nitrogen and oxygen atoms in total. The highest BCUT2D eigenvalue weighted by molar-refractivity contribution is 7.12. The van der Waals surface area contributed by atoms with Crippen LogP contribution < -0.4 is 0 Å². The van der Waals surface area contributed by atoms with Gasteiger partial charge < -0.3 is 4.42 Å². The molecule has 2 aromatic heterocycles. The van der Waals surface area contributed by atoms with Crippen LogP contribution in [0.1, 0.15) is 0 Å². The third-order valence-electron chi connectivity index (χ3n) is 1.00. The fourth-order valence-electron chi connectivity index (χ4n) is 0.621. The first-order valence-corrected chi connectivity index (χ1v) is 3.56. The van der Waals surface area contributed by atoms with E-state index in [0.29, 0.717) is 5.89 Å². The Hall–Kier alpha value is -1.16. The zero-order valence-corrected chi connectivity index (χ0v) is 5.76. The predicted octanol–water partition coefficient (Wildman–Crippen LogP) is 1.60. The Balaban J connectivity index is 2.48. The summed E-state index contributed by atoms with van der Waals surface area (Å²) in [6.45, 7) is 0. The Labute approximate surface area is 61.4 Å². The molecule has 0 aliphatic rings. The highest BCUT2D eigenvalue weighted by atomic mass is 32.1. The average molecular weight is 151 g/mol. The lowest BCUT2D eigenvalue weighted by atomic mass is 10.7. The summed E-state index contributed by atoms with van der Waals surface area (Å²) in [7, 11) is 0. The van der Waals surface area contributed by atoms with Crippen molar-refractivity contribution < 1.29 is 4.42 Å². The van der Waals surface area contributed by atoms with Gasteiger partial charge in [0, 0.05) is 5.38 Å². The third-order valence-corrected chi connectivity index (χ3v) is 1.72. The molecule has 0 saturated carbocycles. The molecule has 0 aromatic carbocycles. The van der Waals surface area contributed by atoms with Crippen LogP contribution in [0.3, 0.4) is 0 Å². The van der Waals surface area contributed by atoms with Gasteiger partial charge in [0.15, 0.2) is 5.01 Å². The van der Waals surface area contributed by atoms with Crippen LogP contribution in [0.5, 0.6) is 0 Å². The van der Waals surface area contributed by atoms with Crippen LogP contribution in [0.15, 0.2) is 22.3 Å². The van der Waals surface area contributed by atoms with Crippen molar-refractivity contribution in [2.75, 3.05) is 0 Å². The Kier molecular flexibility index (Phi) is 1.25. The number of thiazole rings is 1. The monoisotopic (exact) mass is 151 g/mol. The highest BCUT2D eigenvalue weighted by Crippen LogP contribution is 2.17. The molecule has 0 aliphatic carbocycles. The van der Waals surface area contributed by atoms with Gasteiger partial charge in [0.1, 0.15) is 12.5 Å². The largest absolute Gasteiger partial charge is 0.443 e. The number of aromatic nitrogens is 2. The van der Waals surface area contributed by atoms with Crippen LogP contribution in [0.4, 0.5) is 0 Å². The maximum Gasteiger partial charge on any atom is 0.255 e. The van der Waals surface area contributed by atoms with Crippen molar-refractivity contribution in [3.63, 3.8) is 0 Å². The van der Waals surface area contributed by atoms with E-state index >= 15 is 0 Å². The summed E-state index contributed by atoms with van der Waals surface area (Å²) >= 11 is 1.46. The topological polar surface area (TPSA) is 38.9 Å². The van der Waals surface area contributed by atoms with E-state index < -0.39 is 0 Å². The number of oxazole rings is 1. The van der Waals surface area contributed by atoms with Gasteiger partial charge >= 0.3 is 0 Å². The second kappa shape index (κ2) is 2.22. The molecule has 0 atom stereocenters. The SMILES string of the molecule is [c]1csc(-c2ncco2)n1. The first-order valence-electron chi connectivity index (χ1n) is 2.68. The van der Waals surface area contributed by atoms with E-state index in [1.165, 1.54) is 17.6 Å². The van der Waals surface area contributed by atoms with Crippen LogP contribution >= 0.6 is 11.3 Å². The normalized spacial score (nSPS) is 10.0. The number of hydrogen-bond donors (Lipinski definition) is 0. The first-order chi connectivity index (χ1) is 4.97. The fourth-order valence-corrected chi connectivity index (χ4v) is 1.14. The van der Waals surface area contributed by atoms with Crippen LogP contribution in [0, 0.1) is 6.20 Å². The van der Waals surface area contributed by atoms with E-state index in [2.05, 4.69) is 16.2 Å². The Morgan fingerprint density at radius 3 is 3.20 bits per heavy atom. The van der Waals surface area contributed by atoms with E-state index in [0.717, 1.165) is 5.01 Å². The molecule has 1 radical (unpaired) electrons. The molecule has 0 bridgehead atoms. The van der Waals surface area contributed by atoms with Crippen LogP contribution in [0.25, 0.3) is 10.9 Å². The number of rotatable bonds is 1. The molecule has 2 aromatic rings. The summed E-state index contributed by atoms with van der Waals surface area (Å²) in [6, 6.07) is 0. The summed E-state index contributed by atoms with van der Waals surface area (Å²) in [5.41, 5.74) is 0. The minimum Gasteiger partial charge on any atom is -0.443 e. The molecular formula is C6H3N2OS. The van der Waals surface area contributed by atoms with Gasteiger partial charge in [0.25, 0.3) is 5.89 Å². The minimum atomic E-state index is 0.561. The van der Waals surface area contributed by atoms with Crippen LogP contribution in [0.2, 0.25) is 0 Å². The number of nitrogens with zero attached hydrogens (tertiary/aromatic N) is 2. The lowest BCUT2D eigenvalue weighted by molar-refractivity contribution is 0.574. The maximum atomic E-state index is 4.99. The lowest BCUT2D eigenvalue weighted by Crippen LogP contribution is -1.71. The van der Waals surface area contributed by atoms with E-state index in [1.54, 1.807) is 11.6 Å². The quantitative estimate of drug-likeness (QED) is 0.621. The Morgan fingerprint density at radius 1 is 1.60 bits per heavy atom. The Bertz CT molecular complexity index is 255. The van der Waals surface area contributed by atoms with E-state index in [1.807, 2.05) is 0 Å². The molecule has 49 valence electrons. The standard InChI is InChI=1S/C6H3N2OS/c1-3-9-5(7-1)6-8-2-4-10-6/h1,3-4H. The molecule has 0 fully saturated rings. The minimum absolute atomic E-state index is 0.561. The average Bonchev–Trinajstić information content (AvgIpc) is 2.59. The van der Waals surface area contributed by atoms with Gasteiger partial charge in [-0.15, -0.1) is 11.3 Å². The van der Waals surface area contributed by atoms with Crippen molar-refractivity contribution in [2.24, 2.45) is 0 Å². The van der Waals surface area contributed by atoms with E-state index in [9.17, 15) is 0 Å². The molecule has 0 saturated heterocycles. The Morgan fingerprint density at radius 2 is 2.60 bits per heavy atom.